The highest BCUT2D eigenvalue weighted by Crippen LogP contribution is 2.11. The van der Waals surface area contributed by atoms with E-state index >= 15 is 0 Å². The number of hydrogen-bond donors (Lipinski definition) is 6. The molecule has 2 aromatic carbocycles. The van der Waals surface area contributed by atoms with Crippen LogP contribution in [0.3, 0.4) is 0 Å². The van der Waals surface area contributed by atoms with Crippen LogP contribution in [0.25, 0.3) is 0 Å². The highest BCUT2D eigenvalue weighted by molar-refractivity contribution is 6.58. The average molecular weight is 409 g/mol. The molecule has 8 nitrogen and oxygen atoms in total. The molecular weight excluding hydrogens is 386 g/mol. The summed E-state index contributed by atoms with van der Waals surface area (Å²) in [7, 11) is -1.58. The Hall–Kier alpha value is -2.59. The molecular formula is C18H22BClN2O6. The van der Waals surface area contributed by atoms with Crippen molar-refractivity contribution in [1.29, 1.82) is 0 Å². The number of phenols is 1. The molecule has 0 saturated carbocycles. The van der Waals surface area contributed by atoms with Crippen LogP contribution in [-0.4, -0.2) is 51.3 Å². The average Bonchev–Trinajstić information content (AvgIpc) is 2.63. The Bertz CT molecular complexity index is 786. The van der Waals surface area contributed by atoms with E-state index in [1.165, 1.54) is 24.3 Å². The topological polar surface area (TPSA) is 153 Å². The Kier molecular flexibility index (Phi) is 8.94. The van der Waals surface area contributed by atoms with Crippen LogP contribution in [0.2, 0.25) is 0 Å². The van der Waals surface area contributed by atoms with Crippen LogP contribution in [0, 0.1) is 0 Å². The van der Waals surface area contributed by atoms with E-state index < -0.39 is 31.1 Å². The molecule has 0 radical (unpaired) electrons. The maximum atomic E-state index is 12.3. The highest BCUT2D eigenvalue weighted by Gasteiger charge is 2.24. The minimum Gasteiger partial charge on any atom is -0.508 e. The molecule has 0 fully saturated rings. The zero-order valence-electron chi connectivity index (χ0n) is 14.9. The smallest absolute Gasteiger partial charge is 0.488 e. The summed E-state index contributed by atoms with van der Waals surface area (Å²) in [5.74, 6) is -1.73. The van der Waals surface area contributed by atoms with Crippen molar-refractivity contribution in [2.45, 2.75) is 24.9 Å². The van der Waals surface area contributed by atoms with E-state index in [2.05, 4.69) is 5.32 Å². The quantitative estimate of drug-likeness (QED) is 0.312. The Labute approximate surface area is 168 Å². The lowest BCUT2D eigenvalue weighted by Crippen LogP contribution is -2.50. The van der Waals surface area contributed by atoms with Gasteiger partial charge in [-0.3, -0.25) is 4.79 Å². The fraction of sp³-hybridized carbons (Fsp3) is 0.222. The molecule has 7 N–H and O–H groups in total. The van der Waals surface area contributed by atoms with Crippen LogP contribution in [0.5, 0.6) is 5.75 Å². The van der Waals surface area contributed by atoms with Gasteiger partial charge in [0, 0.05) is 6.42 Å². The number of phenolic OH excluding ortho intramolecular Hbond substituents is 1. The minimum atomic E-state index is -1.58. The first kappa shape index (κ1) is 23.5. The van der Waals surface area contributed by atoms with E-state index in [0.717, 1.165) is 0 Å². The van der Waals surface area contributed by atoms with Crippen LogP contribution in [0.1, 0.15) is 11.1 Å². The minimum absolute atomic E-state index is 0. The molecule has 2 rings (SSSR count). The van der Waals surface area contributed by atoms with Gasteiger partial charge in [-0.15, -0.1) is 12.4 Å². The fourth-order valence-electron chi connectivity index (χ4n) is 2.52. The maximum absolute atomic E-state index is 12.3. The number of carboxylic acids is 1. The lowest BCUT2D eigenvalue weighted by Gasteiger charge is -2.18. The number of hydrogen-bond acceptors (Lipinski definition) is 6. The third kappa shape index (κ3) is 6.86. The summed E-state index contributed by atoms with van der Waals surface area (Å²) in [6.07, 6.45) is 0.219. The van der Waals surface area contributed by atoms with Crippen molar-refractivity contribution < 1.29 is 29.9 Å². The van der Waals surface area contributed by atoms with Crippen molar-refractivity contribution in [3.05, 3.63) is 59.7 Å². The van der Waals surface area contributed by atoms with Crippen molar-refractivity contribution in [1.82, 2.24) is 5.32 Å². The molecule has 2 atom stereocenters. The van der Waals surface area contributed by atoms with E-state index in [0.29, 0.717) is 16.6 Å². The van der Waals surface area contributed by atoms with Crippen LogP contribution in [-0.2, 0) is 22.4 Å². The van der Waals surface area contributed by atoms with E-state index in [4.69, 9.17) is 15.8 Å². The van der Waals surface area contributed by atoms with Gasteiger partial charge in [-0.25, -0.2) is 4.79 Å². The Balaban J connectivity index is 0.00000392. The summed E-state index contributed by atoms with van der Waals surface area (Å²) in [6, 6.07) is 10.2. The van der Waals surface area contributed by atoms with Crippen molar-refractivity contribution in [3.63, 3.8) is 0 Å². The van der Waals surface area contributed by atoms with Crippen molar-refractivity contribution in [2.24, 2.45) is 5.73 Å². The largest absolute Gasteiger partial charge is 0.508 e. The number of carbonyl (C=O) groups is 2. The van der Waals surface area contributed by atoms with Crippen LogP contribution < -0.4 is 16.5 Å². The molecule has 10 heteroatoms. The summed E-state index contributed by atoms with van der Waals surface area (Å²) in [5.41, 5.74) is 7.54. The van der Waals surface area contributed by atoms with Crippen LogP contribution in [0.15, 0.2) is 48.5 Å². The first-order valence-corrected chi connectivity index (χ1v) is 8.28. The molecule has 28 heavy (non-hydrogen) atoms. The summed E-state index contributed by atoms with van der Waals surface area (Å²) >= 11 is 0. The number of benzene rings is 2. The van der Waals surface area contributed by atoms with Gasteiger partial charge >= 0.3 is 13.1 Å². The molecule has 0 heterocycles. The predicted octanol–water partition coefficient (Wildman–Crippen LogP) is -0.824. The zero-order valence-corrected chi connectivity index (χ0v) is 15.7. The van der Waals surface area contributed by atoms with E-state index in [1.54, 1.807) is 24.3 Å². The molecule has 0 aromatic heterocycles. The van der Waals surface area contributed by atoms with Crippen molar-refractivity contribution in [3.8, 4) is 5.75 Å². The second-order valence-electron chi connectivity index (χ2n) is 6.20. The zero-order chi connectivity index (χ0) is 20.0. The van der Waals surface area contributed by atoms with E-state index in [1.807, 2.05) is 0 Å². The molecule has 0 bridgehead atoms. The summed E-state index contributed by atoms with van der Waals surface area (Å²) in [4.78, 5) is 23.7. The lowest BCUT2D eigenvalue weighted by molar-refractivity contribution is -0.141. The Morgan fingerprint density at radius 2 is 1.46 bits per heavy atom. The molecule has 0 unspecified atom stereocenters. The number of carboxylic acid groups (broad SMARTS) is 1. The van der Waals surface area contributed by atoms with E-state index in [-0.39, 0.29) is 31.0 Å². The Morgan fingerprint density at radius 1 is 0.964 bits per heavy atom. The Morgan fingerprint density at radius 3 is 1.96 bits per heavy atom. The van der Waals surface area contributed by atoms with Gasteiger partial charge in [0.1, 0.15) is 11.8 Å². The van der Waals surface area contributed by atoms with Gasteiger partial charge in [-0.2, -0.15) is 0 Å². The molecule has 1 amide bonds. The molecule has 150 valence electrons. The summed E-state index contributed by atoms with van der Waals surface area (Å²) < 4.78 is 0. The van der Waals surface area contributed by atoms with Gasteiger partial charge in [-0.1, -0.05) is 36.4 Å². The van der Waals surface area contributed by atoms with Gasteiger partial charge in [0.25, 0.3) is 0 Å². The van der Waals surface area contributed by atoms with Crippen molar-refractivity contribution in [2.75, 3.05) is 0 Å². The second kappa shape index (κ2) is 10.7. The monoisotopic (exact) mass is 408 g/mol. The number of carbonyl (C=O) groups excluding carboxylic acids is 1. The predicted molar refractivity (Wildman–Crippen MR) is 107 cm³/mol. The van der Waals surface area contributed by atoms with Crippen LogP contribution in [0.4, 0.5) is 0 Å². The standard InChI is InChI=1S/C18H21BN2O6.ClH/c20-15(9-11-1-5-13(6-2-11)19(26)27)17(23)21-16(18(24)25)10-12-3-7-14(22)8-4-12;/h1-8,15-16,22,26-27H,9-10,20H2,(H,21,23)(H,24,25);1H/t15-,16-;/m0./s1. The molecule has 2 aromatic rings. The number of amides is 1. The first-order valence-electron chi connectivity index (χ1n) is 8.28. The van der Waals surface area contributed by atoms with Crippen LogP contribution >= 0.6 is 12.4 Å². The summed E-state index contributed by atoms with van der Waals surface area (Å²) in [6.45, 7) is 0. The van der Waals surface area contributed by atoms with Gasteiger partial charge in [0.2, 0.25) is 5.91 Å². The number of nitrogens with one attached hydrogen (secondary N) is 1. The van der Waals surface area contributed by atoms with E-state index in [9.17, 15) is 19.8 Å². The number of nitrogens with two attached hydrogens (primary N) is 1. The fourth-order valence-corrected chi connectivity index (χ4v) is 2.52. The SMILES string of the molecule is Cl.N[C@@H](Cc1ccc(B(O)O)cc1)C(=O)N[C@@H](Cc1ccc(O)cc1)C(=O)O. The first-order chi connectivity index (χ1) is 12.8. The number of aromatic hydroxyl groups is 1. The molecule has 0 aliphatic carbocycles. The normalized spacial score (nSPS) is 12.4. The molecule has 0 saturated heterocycles. The van der Waals surface area contributed by atoms with Gasteiger partial charge in [0.15, 0.2) is 0 Å². The number of halogens is 1. The third-order valence-electron chi connectivity index (χ3n) is 4.06. The van der Waals surface area contributed by atoms with Gasteiger partial charge in [-0.05, 0) is 35.1 Å². The number of rotatable bonds is 8. The highest BCUT2D eigenvalue weighted by atomic mass is 35.5. The lowest BCUT2D eigenvalue weighted by atomic mass is 9.80. The third-order valence-corrected chi connectivity index (χ3v) is 4.06. The summed E-state index contributed by atoms with van der Waals surface area (Å²) in [5, 5.41) is 39.2. The maximum Gasteiger partial charge on any atom is 0.488 e. The second-order valence-corrected chi connectivity index (χ2v) is 6.20. The molecule has 0 aliphatic rings. The van der Waals surface area contributed by atoms with Gasteiger partial charge in [0.05, 0.1) is 6.04 Å². The van der Waals surface area contributed by atoms with Gasteiger partial charge < -0.3 is 31.3 Å². The molecule has 0 spiro atoms. The van der Waals surface area contributed by atoms with Crippen molar-refractivity contribution >= 4 is 36.9 Å². The molecule has 0 aliphatic heterocycles. The number of aliphatic carboxylic acids is 1.